The van der Waals surface area contributed by atoms with Crippen LogP contribution < -0.4 is 0 Å². The largest absolute Gasteiger partial charge is 0.100 e. The van der Waals surface area contributed by atoms with Crippen LogP contribution in [0.1, 0.15) is 71.6 Å². The molecule has 15 heavy (non-hydrogen) atoms. The highest BCUT2D eigenvalue weighted by atomic mass is 14.1. The van der Waals surface area contributed by atoms with Crippen molar-refractivity contribution in [3.63, 3.8) is 0 Å². The van der Waals surface area contributed by atoms with E-state index in [0.717, 1.165) is 0 Å². The molecule has 0 aliphatic heterocycles. The maximum atomic E-state index is 3.91. The molecular formula is C15H28. The Bertz CT molecular complexity index is 168. The lowest BCUT2D eigenvalue weighted by Gasteiger charge is -2.10. The Morgan fingerprint density at radius 2 is 1.73 bits per heavy atom. The highest BCUT2D eigenvalue weighted by molar-refractivity contribution is 4.95. The molecule has 0 saturated heterocycles. The lowest BCUT2D eigenvalue weighted by molar-refractivity contribution is 0.601. The van der Waals surface area contributed by atoms with Crippen molar-refractivity contribution >= 4 is 0 Å². The average molecular weight is 208 g/mol. The van der Waals surface area contributed by atoms with Crippen LogP contribution in [0.5, 0.6) is 0 Å². The third-order valence-corrected chi connectivity index (χ3v) is 2.77. The summed E-state index contributed by atoms with van der Waals surface area (Å²) < 4.78 is 0. The predicted octanol–water partition coefficient (Wildman–Crippen LogP) is 5.65. The molecule has 88 valence electrons. The normalized spacial score (nSPS) is 15.5. The van der Waals surface area contributed by atoms with Gasteiger partial charge >= 0.3 is 0 Å². The molecule has 1 fully saturated rings. The molecule has 0 aromatic rings. The van der Waals surface area contributed by atoms with Gasteiger partial charge in [-0.3, -0.25) is 0 Å². The Balaban J connectivity index is 0.000000262. The Hall–Kier alpha value is -0.520. The summed E-state index contributed by atoms with van der Waals surface area (Å²) in [7, 11) is 0. The van der Waals surface area contributed by atoms with Crippen LogP contribution in [-0.2, 0) is 0 Å². The first-order valence-corrected chi connectivity index (χ1v) is 6.47. The van der Waals surface area contributed by atoms with E-state index in [9.17, 15) is 0 Å². The van der Waals surface area contributed by atoms with Gasteiger partial charge in [-0.05, 0) is 45.4 Å². The van der Waals surface area contributed by atoms with Crippen molar-refractivity contribution in [3.05, 3.63) is 24.3 Å². The fourth-order valence-corrected chi connectivity index (χ4v) is 1.73. The van der Waals surface area contributed by atoms with Crippen molar-refractivity contribution in [2.45, 2.75) is 71.6 Å². The SMILES string of the molecule is C=C(C)CCCCC.C=C1CCCCC1. The van der Waals surface area contributed by atoms with Crippen LogP contribution in [0.4, 0.5) is 0 Å². The highest BCUT2D eigenvalue weighted by Gasteiger charge is 2.00. The first kappa shape index (κ1) is 14.5. The smallest absolute Gasteiger partial charge is 0.0323 e. The minimum Gasteiger partial charge on any atom is -0.100 e. The number of allylic oxidation sites excluding steroid dienone is 2. The molecule has 0 spiro atoms. The van der Waals surface area contributed by atoms with Gasteiger partial charge < -0.3 is 0 Å². The molecule has 0 N–H and O–H groups in total. The zero-order valence-corrected chi connectivity index (χ0v) is 10.8. The summed E-state index contributed by atoms with van der Waals surface area (Å²) in [6.07, 6.45) is 12.0. The summed E-state index contributed by atoms with van der Waals surface area (Å²) in [4.78, 5) is 0. The summed E-state index contributed by atoms with van der Waals surface area (Å²) in [5, 5.41) is 0. The van der Waals surface area contributed by atoms with Gasteiger partial charge in [0.15, 0.2) is 0 Å². The number of unbranched alkanes of at least 4 members (excludes halogenated alkanes) is 2. The lowest BCUT2D eigenvalue weighted by atomic mass is 9.97. The van der Waals surface area contributed by atoms with Crippen LogP contribution >= 0.6 is 0 Å². The van der Waals surface area contributed by atoms with Gasteiger partial charge in [0, 0.05) is 0 Å². The quantitative estimate of drug-likeness (QED) is 0.413. The highest BCUT2D eigenvalue weighted by Crippen LogP contribution is 2.20. The van der Waals surface area contributed by atoms with Crippen LogP contribution in [0, 0.1) is 0 Å². The van der Waals surface area contributed by atoms with E-state index in [4.69, 9.17) is 0 Å². The summed E-state index contributed by atoms with van der Waals surface area (Å²) in [6.45, 7) is 12.1. The monoisotopic (exact) mass is 208 g/mol. The molecule has 1 aliphatic rings. The maximum Gasteiger partial charge on any atom is -0.0323 e. The third kappa shape index (κ3) is 11.4. The first-order valence-electron chi connectivity index (χ1n) is 6.47. The Morgan fingerprint density at radius 3 is 2.07 bits per heavy atom. The van der Waals surface area contributed by atoms with E-state index in [2.05, 4.69) is 27.0 Å². The van der Waals surface area contributed by atoms with Crippen molar-refractivity contribution < 1.29 is 0 Å². The molecule has 0 aromatic carbocycles. The van der Waals surface area contributed by atoms with Crippen molar-refractivity contribution in [1.29, 1.82) is 0 Å². The molecule has 0 heterocycles. The summed E-state index contributed by atoms with van der Waals surface area (Å²) >= 11 is 0. The molecule has 0 heteroatoms. The fraction of sp³-hybridized carbons (Fsp3) is 0.733. The van der Waals surface area contributed by atoms with Gasteiger partial charge in [0.25, 0.3) is 0 Å². The Kier molecular flexibility index (Phi) is 9.67. The number of hydrogen-bond donors (Lipinski definition) is 0. The van der Waals surface area contributed by atoms with Gasteiger partial charge in [0.2, 0.25) is 0 Å². The van der Waals surface area contributed by atoms with E-state index in [1.807, 2.05) is 0 Å². The van der Waals surface area contributed by atoms with Gasteiger partial charge in [-0.15, -0.1) is 6.58 Å². The molecule has 0 nitrogen and oxygen atoms in total. The van der Waals surface area contributed by atoms with Crippen LogP contribution in [0.15, 0.2) is 24.3 Å². The van der Waals surface area contributed by atoms with E-state index in [1.54, 1.807) is 0 Å². The van der Waals surface area contributed by atoms with Crippen molar-refractivity contribution in [3.8, 4) is 0 Å². The standard InChI is InChI=1S/C8H16.C7H12/c1-4-5-6-7-8(2)3;1-7-5-3-2-4-6-7/h2,4-7H2,1,3H3;1-6H2. The van der Waals surface area contributed by atoms with E-state index in [1.165, 1.54) is 68.9 Å². The van der Waals surface area contributed by atoms with Crippen LogP contribution in [-0.4, -0.2) is 0 Å². The molecule has 1 saturated carbocycles. The molecule has 0 radical (unpaired) electrons. The third-order valence-electron chi connectivity index (χ3n) is 2.77. The van der Waals surface area contributed by atoms with E-state index >= 15 is 0 Å². The Labute approximate surface area is 96.5 Å². The second kappa shape index (κ2) is 10.0. The van der Waals surface area contributed by atoms with Gasteiger partial charge in [-0.25, -0.2) is 0 Å². The summed E-state index contributed by atoms with van der Waals surface area (Å²) in [5.74, 6) is 0. The fourth-order valence-electron chi connectivity index (χ4n) is 1.73. The molecule has 0 amide bonds. The molecule has 0 bridgehead atoms. The van der Waals surface area contributed by atoms with Crippen LogP contribution in [0.2, 0.25) is 0 Å². The minimum absolute atomic E-state index is 1.22. The van der Waals surface area contributed by atoms with Crippen molar-refractivity contribution in [2.75, 3.05) is 0 Å². The van der Waals surface area contributed by atoms with Gasteiger partial charge in [-0.2, -0.15) is 0 Å². The second-order valence-corrected chi connectivity index (χ2v) is 4.72. The Morgan fingerprint density at radius 1 is 1.13 bits per heavy atom. The lowest BCUT2D eigenvalue weighted by Crippen LogP contribution is -1.90. The van der Waals surface area contributed by atoms with Gasteiger partial charge in [0.05, 0.1) is 0 Å². The van der Waals surface area contributed by atoms with Gasteiger partial charge in [-0.1, -0.05) is 43.9 Å². The molecule has 0 unspecified atom stereocenters. The molecule has 0 aromatic heterocycles. The summed E-state index contributed by atoms with van der Waals surface area (Å²) in [6, 6.07) is 0. The molecule has 1 aliphatic carbocycles. The van der Waals surface area contributed by atoms with E-state index in [0.29, 0.717) is 0 Å². The second-order valence-electron chi connectivity index (χ2n) is 4.72. The number of hydrogen-bond acceptors (Lipinski definition) is 0. The maximum absolute atomic E-state index is 3.91. The molecule has 1 rings (SSSR count). The first-order chi connectivity index (χ1) is 7.16. The van der Waals surface area contributed by atoms with E-state index in [-0.39, 0.29) is 0 Å². The molecule has 0 atom stereocenters. The van der Waals surface area contributed by atoms with Gasteiger partial charge in [0.1, 0.15) is 0 Å². The number of rotatable bonds is 4. The summed E-state index contributed by atoms with van der Waals surface area (Å²) in [5.41, 5.74) is 2.78. The zero-order chi connectivity index (χ0) is 11.5. The topological polar surface area (TPSA) is 0 Å². The van der Waals surface area contributed by atoms with E-state index < -0.39 is 0 Å². The predicted molar refractivity (Wildman–Crippen MR) is 71.2 cm³/mol. The van der Waals surface area contributed by atoms with Crippen LogP contribution in [0.3, 0.4) is 0 Å². The zero-order valence-electron chi connectivity index (χ0n) is 10.8. The average Bonchev–Trinajstić information content (AvgIpc) is 2.20. The minimum atomic E-state index is 1.22. The molecular weight excluding hydrogens is 180 g/mol. The van der Waals surface area contributed by atoms with Crippen LogP contribution in [0.25, 0.3) is 0 Å². The van der Waals surface area contributed by atoms with Crippen molar-refractivity contribution in [1.82, 2.24) is 0 Å². The van der Waals surface area contributed by atoms with Crippen molar-refractivity contribution in [2.24, 2.45) is 0 Å².